The highest BCUT2D eigenvalue weighted by Gasteiger charge is 2.15. The van der Waals surface area contributed by atoms with Crippen LogP contribution in [0, 0.1) is 6.92 Å². The molecule has 0 unspecified atom stereocenters. The molecular weight excluding hydrogens is 218 g/mol. The molecule has 0 saturated heterocycles. The molecule has 1 aromatic rings. The molecule has 1 rings (SSSR count). The van der Waals surface area contributed by atoms with Crippen LogP contribution in [0.4, 0.5) is 0 Å². The van der Waals surface area contributed by atoms with Crippen molar-refractivity contribution in [1.29, 1.82) is 0 Å². The summed E-state index contributed by atoms with van der Waals surface area (Å²) in [6, 6.07) is 8.21. The number of nitrogens with one attached hydrogen (secondary N) is 1. The Bertz CT molecular complexity index is 365. The van der Waals surface area contributed by atoms with Gasteiger partial charge in [0, 0.05) is 0 Å². The van der Waals surface area contributed by atoms with Gasteiger partial charge in [0.25, 0.3) is 0 Å². The largest absolute Gasteiger partial charge is 0.349 e. The van der Waals surface area contributed by atoms with Crippen molar-refractivity contribution >= 4 is 17.7 Å². The van der Waals surface area contributed by atoms with Gasteiger partial charge >= 0.3 is 0 Å². The summed E-state index contributed by atoms with van der Waals surface area (Å²) in [6.07, 6.45) is 1.95. The Labute approximate surface area is 102 Å². The maximum absolute atomic E-state index is 11.7. The van der Waals surface area contributed by atoms with E-state index in [2.05, 4.69) is 24.4 Å². The average Bonchev–Trinajstić information content (AvgIpc) is 2.28. The van der Waals surface area contributed by atoms with E-state index in [4.69, 9.17) is 0 Å². The van der Waals surface area contributed by atoms with Crippen molar-refractivity contribution in [1.82, 2.24) is 5.32 Å². The van der Waals surface area contributed by atoms with Crippen LogP contribution in [0.15, 0.2) is 24.3 Å². The summed E-state index contributed by atoms with van der Waals surface area (Å²) < 4.78 is 0. The Morgan fingerprint density at radius 3 is 2.50 bits per heavy atom. The second-order valence-electron chi connectivity index (χ2n) is 3.96. The Kier molecular flexibility index (Phi) is 4.87. The molecule has 0 aromatic heterocycles. The highest BCUT2D eigenvalue weighted by atomic mass is 32.2. The molecule has 0 radical (unpaired) electrons. The van der Waals surface area contributed by atoms with Gasteiger partial charge in [-0.05, 0) is 38.2 Å². The summed E-state index contributed by atoms with van der Waals surface area (Å²) in [6.45, 7) is 6.01. The van der Waals surface area contributed by atoms with Crippen molar-refractivity contribution in [3.8, 4) is 0 Å². The van der Waals surface area contributed by atoms with E-state index >= 15 is 0 Å². The summed E-state index contributed by atoms with van der Waals surface area (Å²) in [5, 5.41) is 3.03. The third kappa shape index (κ3) is 3.27. The van der Waals surface area contributed by atoms with Gasteiger partial charge in [-0.2, -0.15) is 11.8 Å². The normalized spacial score (nSPS) is 14.2. The standard InChI is InChI=1S/C13H19NOS/c1-9-7-5-6-8-12(9)10(2)14-13(15)11(3)16-4/h5-8,10-11H,1-4H3,(H,14,15)/t10-,11+/m0/s1. The van der Waals surface area contributed by atoms with Crippen LogP contribution < -0.4 is 5.32 Å². The molecule has 88 valence electrons. The SMILES string of the molecule is CS[C@H](C)C(=O)N[C@@H](C)c1ccccc1C. The number of carbonyl (C=O) groups is 1. The number of rotatable bonds is 4. The average molecular weight is 237 g/mol. The van der Waals surface area contributed by atoms with Gasteiger partial charge in [0.05, 0.1) is 11.3 Å². The first kappa shape index (κ1) is 13.1. The lowest BCUT2D eigenvalue weighted by atomic mass is 10.0. The van der Waals surface area contributed by atoms with Crippen LogP contribution in [0.25, 0.3) is 0 Å². The fourth-order valence-electron chi connectivity index (χ4n) is 1.59. The number of hydrogen-bond donors (Lipinski definition) is 1. The molecule has 0 saturated carbocycles. The number of aryl methyl sites for hydroxylation is 1. The molecule has 0 fully saturated rings. The Balaban J connectivity index is 2.69. The minimum atomic E-state index is 0.00599. The smallest absolute Gasteiger partial charge is 0.233 e. The number of hydrogen-bond acceptors (Lipinski definition) is 2. The first-order chi connectivity index (χ1) is 7.56. The van der Waals surface area contributed by atoms with Gasteiger partial charge in [-0.3, -0.25) is 4.79 Å². The van der Waals surface area contributed by atoms with Gasteiger partial charge in [0.15, 0.2) is 0 Å². The molecule has 1 aromatic carbocycles. The molecular formula is C13H19NOS. The van der Waals surface area contributed by atoms with Crippen LogP contribution in [-0.2, 0) is 4.79 Å². The summed E-state index contributed by atoms with van der Waals surface area (Å²) in [5.74, 6) is 0.100. The van der Waals surface area contributed by atoms with E-state index < -0.39 is 0 Å². The lowest BCUT2D eigenvalue weighted by molar-refractivity contribution is -0.120. The van der Waals surface area contributed by atoms with Gasteiger partial charge in [0.1, 0.15) is 0 Å². The highest BCUT2D eigenvalue weighted by Crippen LogP contribution is 2.17. The number of thioether (sulfide) groups is 1. The van der Waals surface area contributed by atoms with Gasteiger partial charge in [-0.25, -0.2) is 0 Å². The van der Waals surface area contributed by atoms with Crippen LogP contribution >= 0.6 is 11.8 Å². The maximum atomic E-state index is 11.7. The van der Waals surface area contributed by atoms with Gasteiger partial charge in [0.2, 0.25) is 5.91 Å². The zero-order valence-corrected chi connectivity index (χ0v) is 11.1. The van der Waals surface area contributed by atoms with Crippen LogP contribution in [0.3, 0.4) is 0 Å². The van der Waals surface area contributed by atoms with Gasteiger partial charge in [-0.1, -0.05) is 24.3 Å². The van der Waals surface area contributed by atoms with E-state index in [1.807, 2.05) is 32.2 Å². The monoisotopic (exact) mass is 237 g/mol. The van der Waals surface area contributed by atoms with Crippen molar-refractivity contribution in [2.75, 3.05) is 6.26 Å². The molecule has 0 heterocycles. The lowest BCUT2D eigenvalue weighted by Crippen LogP contribution is -2.33. The van der Waals surface area contributed by atoms with Crippen molar-refractivity contribution in [2.24, 2.45) is 0 Å². The summed E-state index contributed by atoms with van der Waals surface area (Å²) in [7, 11) is 0. The quantitative estimate of drug-likeness (QED) is 0.872. The molecule has 0 aliphatic rings. The van der Waals surface area contributed by atoms with Gasteiger partial charge < -0.3 is 5.32 Å². The Hall–Kier alpha value is -0.960. The van der Waals surface area contributed by atoms with Crippen molar-refractivity contribution in [3.63, 3.8) is 0 Å². The van der Waals surface area contributed by atoms with Crippen molar-refractivity contribution in [2.45, 2.75) is 32.1 Å². The fourth-order valence-corrected chi connectivity index (χ4v) is 1.87. The number of amides is 1. The van der Waals surface area contributed by atoms with E-state index in [1.54, 1.807) is 11.8 Å². The number of benzene rings is 1. The first-order valence-electron chi connectivity index (χ1n) is 5.45. The molecule has 2 atom stereocenters. The molecule has 1 N–H and O–H groups in total. The molecule has 16 heavy (non-hydrogen) atoms. The highest BCUT2D eigenvalue weighted by molar-refractivity contribution is 7.99. The van der Waals surface area contributed by atoms with E-state index in [1.165, 1.54) is 11.1 Å². The topological polar surface area (TPSA) is 29.1 Å². The minimum absolute atomic E-state index is 0.00599. The molecule has 0 bridgehead atoms. The molecule has 1 amide bonds. The maximum Gasteiger partial charge on any atom is 0.233 e. The Morgan fingerprint density at radius 1 is 1.31 bits per heavy atom. The van der Waals surface area contributed by atoms with Crippen molar-refractivity contribution in [3.05, 3.63) is 35.4 Å². The van der Waals surface area contributed by atoms with E-state index in [0.717, 1.165) is 0 Å². The Morgan fingerprint density at radius 2 is 1.94 bits per heavy atom. The van der Waals surface area contributed by atoms with Crippen LogP contribution in [-0.4, -0.2) is 17.4 Å². The molecule has 0 aliphatic heterocycles. The predicted octanol–water partition coefficient (Wildman–Crippen LogP) is 2.92. The first-order valence-corrected chi connectivity index (χ1v) is 6.73. The second-order valence-corrected chi connectivity index (χ2v) is 5.14. The summed E-state index contributed by atoms with van der Waals surface area (Å²) in [5.41, 5.74) is 2.40. The van der Waals surface area contributed by atoms with E-state index in [9.17, 15) is 4.79 Å². The molecule has 2 nitrogen and oxygen atoms in total. The van der Waals surface area contributed by atoms with Crippen molar-refractivity contribution < 1.29 is 4.79 Å². The minimum Gasteiger partial charge on any atom is -0.349 e. The van der Waals surface area contributed by atoms with Crippen LogP contribution in [0.2, 0.25) is 0 Å². The lowest BCUT2D eigenvalue weighted by Gasteiger charge is -2.18. The third-order valence-electron chi connectivity index (χ3n) is 2.74. The third-order valence-corrected chi connectivity index (χ3v) is 3.66. The zero-order valence-electron chi connectivity index (χ0n) is 10.3. The molecule has 0 spiro atoms. The fraction of sp³-hybridized carbons (Fsp3) is 0.462. The van der Waals surface area contributed by atoms with Crippen LogP contribution in [0.1, 0.15) is 31.0 Å². The van der Waals surface area contributed by atoms with E-state index in [-0.39, 0.29) is 17.2 Å². The zero-order chi connectivity index (χ0) is 12.1. The molecule has 3 heteroatoms. The van der Waals surface area contributed by atoms with E-state index in [0.29, 0.717) is 0 Å². The van der Waals surface area contributed by atoms with Crippen LogP contribution in [0.5, 0.6) is 0 Å². The second kappa shape index (κ2) is 5.94. The summed E-state index contributed by atoms with van der Waals surface area (Å²) in [4.78, 5) is 11.7. The summed E-state index contributed by atoms with van der Waals surface area (Å²) >= 11 is 1.56. The number of carbonyl (C=O) groups excluding carboxylic acids is 1. The predicted molar refractivity (Wildman–Crippen MR) is 70.7 cm³/mol. The van der Waals surface area contributed by atoms with Gasteiger partial charge in [-0.15, -0.1) is 0 Å². The molecule has 0 aliphatic carbocycles.